The summed E-state index contributed by atoms with van der Waals surface area (Å²) in [5.41, 5.74) is 4.41. The molecule has 4 heteroatoms. The lowest BCUT2D eigenvalue weighted by molar-refractivity contribution is 0.0911. The predicted octanol–water partition coefficient (Wildman–Crippen LogP) is 4.12. The van der Waals surface area contributed by atoms with Gasteiger partial charge in [-0.25, -0.2) is 0 Å². The monoisotopic (exact) mass is 310 g/mol. The van der Waals surface area contributed by atoms with Gasteiger partial charge in [0.05, 0.1) is 11.8 Å². The van der Waals surface area contributed by atoms with Gasteiger partial charge in [0.15, 0.2) is 5.58 Å². The largest absolute Gasteiger partial charge is 0.463 e. The number of fused-ring (bicyclic) bond motifs is 1. The average Bonchev–Trinajstić information content (AvgIpc) is 3.01. The number of aromatic nitrogens is 1. The Morgan fingerprint density at radius 3 is 2.65 bits per heavy atom. The number of hydrogen-bond acceptors (Lipinski definition) is 2. The molecule has 0 spiro atoms. The Balaban J connectivity index is 2.04. The van der Waals surface area contributed by atoms with E-state index in [0.29, 0.717) is 12.2 Å². The fourth-order valence-electron chi connectivity index (χ4n) is 2.70. The van der Waals surface area contributed by atoms with Gasteiger partial charge in [-0.3, -0.25) is 4.79 Å². The highest BCUT2D eigenvalue weighted by Crippen LogP contribution is 2.23. The van der Waals surface area contributed by atoms with Gasteiger partial charge in [0, 0.05) is 24.2 Å². The molecule has 0 saturated heterocycles. The molecule has 0 saturated carbocycles. The smallest absolute Gasteiger partial charge is 0.268 e. The van der Waals surface area contributed by atoms with Crippen LogP contribution < -0.4 is 5.32 Å². The van der Waals surface area contributed by atoms with Gasteiger partial charge in [-0.1, -0.05) is 24.3 Å². The second-order valence-electron chi connectivity index (χ2n) is 6.92. The van der Waals surface area contributed by atoms with Gasteiger partial charge >= 0.3 is 0 Å². The molecule has 0 aliphatic carbocycles. The lowest BCUT2D eigenvalue weighted by atomic mass is 10.1. The molecule has 1 amide bonds. The minimum atomic E-state index is -0.282. The van der Waals surface area contributed by atoms with Crippen molar-refractivity contribution in [2.24, 2.45) is 0 Å². The molecule has 1 aromatic carbocycles. The molecule has 3 rings (SSSR count). The van der Waals surface area contributed by atoms with Gasteiger partial charge in [0.1, 0.15) is 5.69 Å². The number of nitrogens with zero attached hydrogens (tertiary/aromatic N) is 1. The molecule has 0 aliphatic heterocycles. The van der Waals surface area contributed by atoms with Gasteiger partial charge in [-0.05, 0) is 38.8 Å². The molecule has 0 radical (unpaired) electrons. The molecule has 2 aromatic heterocycles. The molecule has 4 nitrogen and oxygen atoms in total. The van der Waals surface area contributed by atoms with E-state index in [1.165, 1.54) is 11.1 Å². The maximum Gasteiger partial charge on any atom is 0.268 e. The van der Waals surface area contributed by atoms with E-state index in [1.807, 2.05) is 49.6 Å². The summed E-state index contributed by atoms with van der Waals surface area (Å²) in [4.78, 5) is 12.7. The van der Waals surface area contributed by atoms with E-state index in [9.17, 15) is 4.79 Å². The highest BCUT2D eigenvalue weighted by molar-refractivity contribution is 5.98. The molecule has 0 fully saturated rings. The number of furan rings is 1. The molecule has 3 aromatic rings. The number of amides is 1. The summed E-state index contributed by atoms with van der Waals surface area (Å²) in [7, 11) is 0. The Kier molecular flexibility index (Phi) is 3.76. The normalized spacial score (nSPS) is 11.8. The van der Waals surface area contributed by atoms with Crippen molar-refractivity contribution in [3.8, 4) is 0 Å². The van der Waals surface area contributed by atoms with Gasteiger partial charge in [0.2, 0.25) is 0 Å². The van der Waals surface area contributed by atoms with E-state index in [2.05, 4.69) is 24.4 Å². The summed E-state index contributed by atoms with van der Waals surface area (Å²) in [5.74, 6) is -0.0857. The van der Waals surface area contributed by atoms with Crippen LogP contribution in [-0.2, 0) is 6.54 Å². The first-order chi connectivity index (χ1) is 10.8. The second kappa shape index (κ2) is 5.61. The summed E-state index contributed by atoms with van der Waals surface area (Å²) >= 11 is 0. The van der Waals surface area contributed by atoms with Crippen LogP contribution in [-0.4, -0.2) is 16.0 Å². The maximum atomic E-state index is 12.7. The Labute approximate surface area is 136 Å². The van der Waals surface area contributed by atoms with Gasteiger partial charge in [-0.2, -0.15) is 0 Å². The van der Waals surface area contributed by atoms with Crippen LogP contribution >= 0.6 is 0 Å². The first-order valence-electron chi connectivity index (χ1n) is 7.79. The number of nitrogens with one attached hydrogen (secondary N) is 1. The topological polar surface area (TPSA) is 47.2 Å². The van der Waals surface area contributed by atoms with Crippen molar-refractivity contribution < 1.29 is 9.21 Å². The van der Waals surface area contributed by atoms with Gasteiger partial charge in [-0.15, -0.1) is 0 Å². The lowest BCUT2D eigenvalue weighted by Gasteiger charge is -2.21. The van der Waals surface area contributed by atoms with Crippen LogP contribution in [0.3, 0.4) is 0 Å². The fourth-order valence-corrected chi connectivity index (χ4v) is 2.70. The lowest BCUT2D eigenvalue weighted by Crippen LogP contribution is -2.41. The molecule has 0 bridgehead atoms. The van der Waals surface area contributed by atoms with E-state index < -0.39 is 0 Å². The number of benzene rings is 1. The third-order valence-corrected chi connectivity index (χ3v) is 3.83. The molecular weight excluding hydrogens is 288 g/mol. The van der Waals surface area contributed by atoms with Gasteiger partial charge < -0.3 is 14.3 Å². The summed E-state index contributed by atoms with van der Waals surface area (Å²) < 4.78 is 7.50. The maximum absolute atomic E-state index is 12.7. The van der Waals surface area contributed by atoms with Crippen molar-refractivity contribution in [2.75, 3.05) is 0 Å². The van der Waals surface area contributed by atoms with Crippen LogP contribution in [0.15, 0.2) is 47.1 Å². The van der Waals surface area contributed by atoms with E-state index in [-0.39, 0.29) is 11.4 Å². The first kappa shape index (κ1) is 15.4. The van der Waals surface area contributed by atoms with E-state index in [0.717, 1.165) is 11.1 Å². The van der Waals surface area contributed by atoms with E-state index in [1.54, 1.807) is 6.26 Å². The van der Waals surface area contributed by atoms with Crippen LogP contribution in [0.25, 0.3) is 11.1 Å². The first-order valence-corrected chi connectivity index (χ1v) is 7.79. The van der Waals surface area contributed by atoms with Crippen molar-refractivity contribution in [1.82, 2.24) is 9.88 Å². The highest BCUT2D eigenvalue weighted by atomic mass is 16.3. The standard InChI is InChI=1S/C19H22N2O2/c1-13-7-5-6-8-14(13)12-21-15-9-10-23-17(15)11-16(21)18(22)20-19(2,3)4/h5-11H,12H2,1-4H3,(H,20,22). The number of aryl methyl sites for hydroxylation is 1. The molecule has 1 N–H and O–H groups in total. The zero-order chi connectivity index (χ0) is 16.6. The van der Waals surface area contributed by atoms with Crippen LogP contribution in [0.5, 0.6) is 0 Å². The molecule has 0 atom stereocenters. The van der Waals surface area contributed by atoms with Crippen LogP contribution in [0.4, 0.5) is 0 Å². The van der Waals surface area contributed by atoms with E-state index in [4.69, 9.17) is 4.42 Å². The van der Waals surface area contributed by atoms with Crippen LogP contribution in [0.2, 0.25) is 0 Å². The quantitative estimate of drug-likeness (QED) is 0.791. The predicted molar refractivity (Wildman–Crippen MR) is 91.7 cm³/mol. The zero-order valence-corrected chi connectivity index (χ0v) is 14.0. The molecule has 23 heavy (non-hydrogen) atoms. The van der Waals surface area contributed by atoms with Crippen molar-refractivity contribution in [3.63, 3.8) is 0 Å². The second-order valence-corrected chi connectivity index (χ2v) is 6.92. The summed E-state index contributed by atoms with van der Waals surface area (Å²) in [6.07, 6.45) is 1.66. The molecule has 120 valence electrons. The van der Waals surface area contributed by atoms with Crippen molar-refractivity contribution in [3.05, 3.63) is 59.5 Å². The summed E-state index contributed by atoms with van der Waals surface area (Å²) in [6, 6.07) is 11.9. The molecule has 0 aliphatic rings. The van der Waals surface area contributed by atoms with Crippen LogP contribution in [0, 0.1) is 6.92 Å². The fraction of sp³-hybridized carbons (Fsp3) is 0.316. The summed E-state index contributed by atoms with van der Waals surface area (Å²) in [5, 5.41) is 3.03. The Hall–Kier alpha value is -2.49. The van der Waals surface area contributed by atoms with Crippen molar-refractivity contribution in [1.29, 1.82) is 0 Å². The number of carbonyl (C=O) groups is 1. The molecule has 0 unspecified atom stereocenters. The molecular formula is C19H22N2O2. The average molecular weight is 310 g/mol. The minimum Gasteiger partial charge on any atom is -0.463 e. The van der Waals surface area contributed by atoms with Crippen molar-refractivity contribution in [2.45, 2.75) is 39.8 Å². The molecule has 2 heterocycles. The Morgan fingerprint density at radius 2 is 1.96 bits per heavy atom. The Bertz CT molecular complexity index is 850. The van der Waals surface area contributed by atoms with Gasteiger partial charge in [0.25, 0.3) is 5.91 Å². The Morgan fingerprint density at radius 1 is 1.22 bits per heavy atom. The third kappa shape index (κ3) is 3.16. The number of carbonyl (C=O) groups excluding carboxylic acids is 1. The zero-order valence-electron chi connectivity index (χ0n) is 14.0. The minimum absolute atomic E-state index is 0.0857. The SMILES string of the molecule is Cc1ccccc1Cn1c(C(=O)NC(C)(C)C)cc2occc21. The van der Waals surface area contributed by atoms with Crippen molar-refractivity contribution >= 4 is 17.0 Å². The summed E-state index contributed by atoms with van der Waals surface area (Å²) in [6.45, 7) is 8.65. The van der Waals surface area contributed by atoms with Crippen LogP contribution in [0.1, 0.15) is 42.4 Å². The third-order valence-electron chi connectivity index (χ3n) is 3.83. The highest BCUT2D eigenvalue weighted by Gasteiger charge is 2.21. The number of hydrogen-bond donors (Lipinski definition) is 1. The number of rotatable bonds is 3. The van der Waals surface area contributed by atoms with E-state index >= 15 is 0 Å².